The van der Waals surface area contributed by atoms with Gasteiger partial charge in [-0.05, 0) is 43.7 Å². The van der Waals surface area contributed by atoms with E-state index in [4.69, 9.17) is 9.26 Å². The van der Waals surface area contributed by atoms with Crippen LogP contribution >= 0.6 is 0 Å². The molecule has 2 aromatic carbocycles. The summed E-state index contributed by atoms with van der Waals surface area (Å²) in [6, 6.07) is 18.2. The van der Waals surface area contributed by atoms with Crippen LogP contribution in [-0.4, -0.2) is 32.7 Å². The van der Waals surface area contributed by atoms with E-state index in [1.807, 2.05) is 38.1 Å². The van der Waals surface area contributed by atoms with Crippen molar-refractivity contribution in [1.82, 2.24) is 19.7 Å². The molecule has 0 aliphatic carbocycles. The fraction of sp³-hybridized carbons (Fsp3) is 0.148. The molecule has 36 heavy (non-hydrogen) atoms. The highest BCUT2D eigenvalue weighted by molar-refractivity contribution is 5.92. The molecule has 9 heteroatoms. The van der Waals surface area contributed by atoms with E-state index in [-0.39, 0.29) is 29.3 Å². The van der Waals surface area contributed by atoms with Gasteiger partial charge in [-0.3, -0.25) is 9.59 Å². The van der Waals surface area contributed by atoms with Gasteiger partial charge in [0.1, 0.15) is 23.5 Å². The molecule has 1 N–H and O–H groups in total. The minimum Gasteiger partial charge on any atom is -0.497 e. The van der Waals surface area contributed by atoms with Gasteiger partial charge in [0.25, 0.3) is 5.89 Å². The molecular weight excluding hydrogens is 458 g/mol. The highest BCUT2D eigenvalue weighted by Gasteiger charge is 2.19. The monoisotopic (exact) mass is 481 g/mol. The molecule has 0 aliphatic heterocycles. The zero-order valence-corrected chi connectivity index (χ0v) is 20.0. The number of aromatic nitrogens is 4. The Morgan fingerprint density at radius 2 is 1.86 bits per heavy atom. The number of nitrogens with one attached hydrogen (secondary N) is 1. The number of amides is 1. The molecule has 9 nitrogen and oxygen atoms in total. The number of ether oxygens (including phenoxy) is 1. The Morgan fingerprint density at radius 3 is 2.67 bits per heavy atom. The minimum atomic E-state index is -0.304. The van der Waals surface area contributed by atoms with Crippen molar-refractivity contribution in [3.8, 4) is 28.6 Å². The molecule has 0 spiro atoms. The Morgan fingerprint density at radius 1 is 1.03 bits per heavy atom. The predicted molar refractivity (Wildman–Crippen MR) is 136 cm³/mol. The van der Waals surface area contributed by atoms with Crippen LogP contribution in [0.2, 0.25) is 0 Å². The van der Waals surface area contributed by atoms with Gasteiger partial charge in [0.15, 0.2) is 0 Å². The van der Waals surface area contributed by atoms with Crippen LogP contribution in [0.1, 0.15) is 11.3 Å². The molecule has 0 saturated heterocycles. The lowest BCUT2D eigenvalue weighted by Crippen LogP contribution is -2.22. The lowest BCUT2D eigenvalue weighted by molar-refractivity contribution is -0.116. The van der Waals surface area contributed by atoms with E-state index in [1.165, 1.54) is 6.20 Å². The van der Waals surface area contributed by atoms with Crippen LogP contribution < -0.4 is 15.5 Å². The summed E-state index contributed by atoms with van der Waals surface area (Å²) in [5, 5.41) is 7.28. The smallest absolute Gasteiger partial charge is 0.263 e. The fourth-order valence-corrected chi connectivity index (χ4v) is 3.95. The molecule has 1 amide bonds. The number of fused-ring (bicyclic) bond motifs is 1. The first-order valence-corrected chi connectivity index (χ1v) is 11.3. The molecule has 3 heterocycles. The summed E-state index contributed by atoms with van der Waals surface area (Å²) in [5.41, 5.74) is 3.38. The van der Waals surface area contributed by atoms with Crippen LogP contribution in [-0.2, 0) is 11.3 Å². The third-order valence-corrected chi connectivity index (χ3v) is 5.77. The summed E-state index contributed by atoms with van der Waals surface area (Å²) in [6.07, 6.45) is 1.54. The van der Waals surface area contributed by atoms with Crippen molar-refractivity contribution in [2.45, 2.75) is 20.4 Å². The largest absolute Gasteiger partial charge is 0.497 e. The Bertz CT molecular complexity index is 1650. The third-order valence-electron chi connectivity index (χ3n) is 5.77. The maximum Gasteiger partial charge on any atom is 0.263 e. The van der Waals surface area contributed by atoms with Crippen molar-refractivity contribution < 1.29 is 14.1 Å². The van der Waals surface area contributed by atoms with E-state index < -0.39 is 0 Å². The zero-order valence-electron chi connectivity index (χ0n) is 20.0. The van der Waals surface area contributed by atoms with Crippen molar-refractivity contribution >= 4 is 22.6 Å². The Kier molecular flexibility index (Phi) is 6.03. The number of hydrogen-bond donors (Lipinski definition) is 1. The number of aryl methyl sites for hydroxylation is 2. The topological polar surface area (TPSA) is 112 Å². The van der Waals surface area contributed by atoms with Crippen LogP contribution in [0.5, 0.6) is 5.75 Å². The Balaban J connectivity index is 1.55. The predicted octanol–water partition coefficient (Wildman–Crippen LogP) is 4.38. The van der Waals surface area contributed by atoms with Crippen LogP contribution in [0.15, 0.2) is 76.2 Å². The maximum absolute atomic E-state index is 13.4. The molecule has 3 aromatic heterocycles. The number of methoxy groups -OCH3 is 1. The fourth-order valence-electron chi connectivity index (χ4n) is 3.95. The van der Waals surface area contributed by atoms with E-state index in [0.29, 0.717) is 28.3 Å². The first-order chi connectivity index (χ1) is 17.4. The summed E-state index contributed by atoms with van der Waals surface area (Å²) in [4.78, 5) is 35.3. The van der Waals surface area contributed by atoms with Crippen molar-refractivity contribution in [2.24, 2.45) is 0 Å². The van der Waals surface area contributed by atoms with Gasteiger partial charge < -0.3 is 19.1 Å². The second-order valence-electron chi connectivity index (χ2n) is 8.34. The van der Waals surface area contributed by atoms with Gasteiger partial charge in [0.2, 0.25) is 17.2 Å². The van der Waals surface area contributed by atoms with Gasteiger partial charge in [0, 0.05) is 29.2 Å². The summed E-state index contributed by atoms with van der Waals surface area (Å²) in [6.45, 7) is 3.69. The number of rotatable bonds is 6. The minimum absolute atomic E-state index is 0.0719. The summed E-state index contributed by atoms with van der Waals surface area (Å²) in [5.74, 6) is 0.783. The number of anilines is 1. The number of benzene rings is 2. The van der Waals surface area contributed by atoms with Gasteiger partial charge in [-0.2, -0.15) is 4.98 Å². The summed E-state index contributed by atoms with van der Waals surface area (Å²) in [7, 11) is 1.56. The lowest BCUT2D eigenvalue weighted by atomic mass is 10.1. The van der Waals surface area contributed by atoms with E-state index in [9.17, 15) is 9.59 Å². The van der Waals surface area contributed by atoms with E-state index >= 15 is 0 Å². The molecule has 0 fully saturated rings. The second kappa shape index (κ2) is 9.46. The van der Waals surface area contributed by atoms with Crippen molar-refractivity contribution in [1.29, 1.82) is 0 Å². The molecule has 0 atom stereocenters. The third kappa shape index (κ3) is 4.46. The average Bonchev–Trinajstić information content (AvgIpc) is 3.35. The molecule has 5 aromatic rings. The number of nitrogens with zero attached hydrogens (tertiary/aromatic N) is 4. The molecule has 5 rings (SSSR count). The molecule has 0 unspecified atom stereocenters. The summed E-state index contributed by atoms with van der Waals surface area (Å²) < 4.78 is 12.3. The quantitative estimate of drug-likeness (QED) is 0.383. The number of pyridine rings is 2. The van der Waals surface area contributed by atoms with Crippen molar-refractivity contribution in [2.75, 3.05) is 12.4 Å². The van der Waals surface area contributed by atoms with Gasteiger partial charge in [0.05, 0.1) is 12.5 Å². The highest BCUT2D eigenvalue weighted by Crippen LogP contribution is 2.24. The highest BCUT2D eigenvalue weighted by atomic mass is 16.5. The van der Waals surface area contributed by atoms with Crippen LogP contribution in [0, 0.1) is 13.8 Å². The zero-order chi connectivity index (χ0) is 25.2. The van der Waals surface area contributed by atoms with Gasteiger partial charge in [-0.15, -0.1) is 0 Å². The number of carbonyl (C=O) groups excluding carboxylic acids is 1. The van der Waals surface area contributed by atoms with E-state index in [1.54, 1.807) is 48.1 Å². The molecule has 0 radical (unpaired) electrons. The van der Waals surface area contributed by atoms with Crippen molar-refractivity contribution in [3.05, 3.63) is 88.3 Å². The second-order valence-corrected chi connectivity index (χ2v) is 8.34. The van der Waals surface area contributed by atoms with Crippen LogP contribution in [0.3, 0.4) is 0 Å². The van der Waals surface area contributed by atoms with Crippen LogP contribution in [0.4, 0.5) is 5.69 Å². The molecule has 0 bridgehead atoms. The first kappa shape index (κ1) is 23.0. The van der Waals surface area contributed by atoms with Gasteiger partial charge >= 0.3 is 0 Å². The molecular formula is C27H23N5O4. The summed E-state index contributed by atoms with van der Waals surface area (Å²) >= 11 is 0. The maximum atomic E-state index is 13.4. The van der Waals surface area contributed by atoms with E-state index in [0.717, 1.165) is 16.8 Å². The van der Waals surface area contributed by atoms with E-state index in [2.05, 4.69) is 20.4 Å². The standard InChI is InChI=1S/C27H23N5O4/c1-16-7-4-5-10-20(16)25-30-27(36-31-25)22-14-32(26-21(24(22)34)12-11-17(2)28-26)15-23(33)29-18-8-6-9-19(13-18)35-3/h4-14H,15H2,1-3H3,(H,29,33). The Labute approximate surface area is 206 Å². The Hall–Kier alpha value is -4.79. The van der Waals surface area contributed by atoms with Crippen molar-refractivity contribution in [3.63, 3.8) is 0 Å². The number of carbonyl (C=O) groups is 1. The first-order valence-electron chi connectivity index (χ1n) is 11.3. The van der Waals surface area contributed by atoms with Gasteiger partial charge in [-0.25, -0.2) is 4.98 Å². The van der Waals surface area contributed by atoms with Crippen LogP contribution in [0.25, 0.3) is 33.9 Å². The van der Waals surface area contributed by atoms with Gasteiger partial charge in [-0.1, -0.05) is 35.5 Å². The molecule has 180 valence electrons. The SMILES string of the molecule is COc1cccc(NC(=O)Cn2cc(-c3nc(-c4ccccc4C)no3)c(=O)c3ccc(C)nc32)c1. The molecule has 0 saturated carbocycles. The molecule has 0 aliphatic rings. The normalized spacial score (nSPS) is 11.0. The number of hydrogen-bond acceptors (Lipinski definition) is 7. The average molecular weight is 482 g/mol. The lowest BCUT2D eigenvalue weighted by Gasteiger charge is -2.13.